The molecule has 3 nitrogen and oxygen atoms in total. The molecule has 0 aliphatic rings. The summed E-state index contributed by atoms with van der Waals surface area (Å²) in [6.45, 7) is 4.14. The molecule has 1 aromatic rings. The van der Waals surface area contributed by atoms with Crippen molar-refractivity contribution in [2.45, 2.75) is 19.9 Å². The molecule has 0 aliphatic heterocycles. The summed E-state index contributed by atoms with van der Waals surface area (Å²) in [5.74, 6) is 0.223. The molecule has 84 valence electrons. The summed E-state index contributed by atoms with van der Waals surface area (Å²) in [4.78, 5) is 11.7. The van der Waals surface area contributed by atoms with Crippen LogP contribution in [0.2, 0.25) is 5.22 Å². The van der Waals surface area contributed by atoms with E-state index in [0.717, 1.165) is 4.43 Å². The monoisotopic (exact) mass is 341 g/mol. The van der Waals surface area contributed by atoms with Crippen LogP contribution >= 0.6 is 34.2 Å². The van der Waals surface area contributed by atoms with E-state index in [1.807, 2.05) is 0 Å². The van der Waals surface area contributed by atoms with Crippen LogP contribution in [0, 0.1) is 5.92 Å². The second-order valence-electron chi connectivity index (χ2n) is 3.59. The molecule has 1 amide bonds. The zero-order chi connectivity index (χ0) is 11.4. The van der Waals surface area contributed by atoms with E-state index in [4.69, 9.17) is 16.0 Å². The van der Waals surface area contributed by atoms with E-state index in [1.54, 1.807) is 6.07 Å². The Morgan fingerprint density at radius 3 is 2.73 bits per heavy atom. The Bertz CT molecular complexity index is 338. The van der Waals surface area contributed by atoms with Gasteiger partial charge in [0.15, 0.2) is 0 Å². The zero-order valence-corrected chi connectivity index (χ0v) is 11.5. The Labute approximate surface area is 108 Å². The average Bonchev–Trinajstić information content (AvgIpc) is 2.60. The van der Waals surface area contributed by atoms with Crippen LogP contribution in [-0.2, 0) is 0 Å². The summed E-state index contributed by atoms with van der Waals surface area (Å²) >= 11 is 7.97. The number of carbonyl (C=O) groups excluding carboxylic acids is 1. The van der Waals surface area contributed by atoms with Gasteiger partial charge in [-0.2, -0.15) is 0 Å². The van der Waals surface area contributed by atoms with Crippen LogP contribution in [0.5, 0.6) is 0 Å². The second kappa shape index (κ2) is 5.75. The van der Waals surface area contributed by atoms with E-state index in [-0.39, 0.29) is 17.2 Å². The first kappa shape index (κ1) is 12.8. The SMILES string of the molecule is CC(C)C(CI)NC(=O)c1ccoc1Cl. The van der Waals surface area contributed by atoms with Crippen molar-refractivity contribution < 1.29 is 9.21 Å². The molecule has 15 heavy (non-hydrogen) atoms. The third kappa shape index (κ3) is 3.38. The fourth-order valence-corrected chi connectivity index (χ4v) is 2.52. The molecule has 0 bridgehead atoms. The summed E-state index contributed by atoms with van der Waals surface area (Å²) in [7, 11) is 0. The predicted octanol–water partition coefficient (Wildman–Crippen LogP) is 3.12. The highest BCUT2D eigenvalue weighted by atomic mass is 127. The van der Waals surface area contributed by atoms with Crippen molar-refractivity contribution >= 4 is 40.1 Å². The number of halogens is 2. The number of rotatable bonds is 4. The molecule has 0 aliphatic carbocycles. The van der Waals surface area contributed by atoms with Gasteiger partial charge in [-0.1, -0.05) is 36.4 Å². The fraction of sp³-hybridized carbons (Fsp3) is 0.500. The summed E-state index contributed by atoms with van der Waals surface area (Å²) in [5, 5.41) is 3.06. The normalized spacial score (nSPS) is 12.9. The number of alkyl halides is 1. The van der Waals surface area contributed by atoms with Crippen LogP contribution in [0.1, 0.15) is 24.2 Å². The van der Waals surface area contributed by atoms with Gasteiger partial charge in [-0.05, 0) is 23.6 Å². The van der Waals surface area contributed by atoms with Gasteiger partial charge in [0, 0.05) is 10.5 Å². The van der Waals surface area contributed by atoms with Gasteiger partial charge in [0.1, 0.15) is 0 Å². The molecule has 5 heteroatoms. The maximum absolute atomic E-state index is 11.7. The molecule has 0 radical (unpaired) electrons. The highest BCUT2D eigenvalue weighted by Crippen LogP contribution is 2.17. The van der Waals surface area contributed by atoms with Crippen LogP contribution in [-0.4, -0.2) is 16.4 Å². The molecule has 1 rings (SSSR count). The first-order valence-electron chi connectivity index (χ1n) is 4.66. The Morgan fingerprint density at radius 1 is 1.67 bits per heavy atom. The maximum atomic E-state index is 11.7. The van der Waals surface area contributed by atoms with Crippen molar-refractivity contribution in [1.29, 1.82) is 0 Å². The molecule has 1 aromatic heterocycles. The Kier molecular flexibility index (Phi) is 4.92. The lowest BCUT2D eigenvalue weighted by Crippen LogP contribution is -2.39. The van der Waals surface area contributed by atoms with Gasteiger partial charge in [0.25, 0.3) is 5.91 Å². The molecule has 0 saturated carbocycles. The smallest absolute Gasteiger partial charge is 0.256 e. The van der Waals surface area contributed by atoms with Crippen molar-refractivity contribution in [3.05, 3.63) is 23.1 Å². The predicted molar refractivity (Wildman–Crippen MR) is 68.7 cm³/mol. The topological polar surface area (TPSA) is 42.2 Å². The summed E-state index contributed by atoms with van der Waals surface area (Å²) < 4.78 is 5.74. The van der Waals surface area contributed by atoms with E-state index in [9.17, 15) is 4.79 Å². The van der Waals surface area contributed by atoms with Gasteiger partial charge in [0.05, 0.1) is 11.8 Å². The number of furan rings is 1. The van der Waals surface area contributed by atoms with E-state index in [1.165, 1.54) is 6.26 Å². The fourth-order valence-electron chi connectivity index (χ4n) is 1.09. The van der Waals surface area contributed by atoms with Crippen molar-refractivity contribution in [2.24, 2.45) is 5.92 Å². The van der Waals surface area contributed by atoms with E-state index in [0.29, 0.717) is 11.5 Å². The Hall–Kier alpha value is -0.230. The zero-order valence-electron chi connectivity index (χ0n) is 8.59. The highest BCUT2D eigenvalue weighted by Gasteiger charge is 2.18. The lowest BCUT2D eigenvalue weighted by atomic mass is 10.1. The average molecular weight is 342 g/mol. The van der Waals surface area contributed by atoms with Crippen molar-refractivity contribution in [2.75, 3.05) is 4.43 Å². The summed E-state index contributed by atoms with van der Waals surface area (Å²) in [6, 6.07) is 1.73. The van der Waals surface area contributed by atoms with Gasteiger partial charge < -0.3 is 9.73 Å². The van der Waals surface area contributed by atoms with E-state index >= 15 is 0 Å². The minimum Gasteiger partial charge on any atom is -0.452 e. The summed E-state index contributed by atoms with van der Waals surface area (Å²) in [5.41, 5.74) is 0.396. The third-order valence-corrected chi connectivity index (χ3v) is 3.39. The number of hydrogen-bond acceptors (Lipinski definition) is 2. The van der Waals surface area contributed by atoms with Crippen LogP contribution in [0.3, 0.4) is 0 Å². The first-order valence-corrected chi connectivity index (χ1v) is 6.56. The highest BCUT2D eigenvalue weighted by molar-refractivity contribution is 14.1. The molecule has 0 fully saturated rings. The molecular weight excluding hydrogens is 328 g/mol. The summed E-state index contributed by atoms with van der Waals surface area (Å²) in [6.07, 6.45) is 1.41. The largest absolute Gasteiger partial charge is 0.452 e. The quantitative estimate of drug-likeness (QED) is 0.675. The van der Waals surface area contributed by atoms with Crippen molar-refractivity contribution in [3.63, 3.8) is 0 Å². The van der Waals surface area contributed by atoms with Gasteiger partial charge in [-0.3, -0.25) is 4.79 Å². The molecule has 0 aromatic carbocycles. The minimum atomic E-state index is -0.177. The molecule has 1 heterocycles. The molecule has 1 atom stereocenters. The van der Waals surface area contributed by atoms with Gasteiger partial charge in [0.2, 0.25) is 5.22 Å². The number of nitrogens with one attached hydrogen (secondary N) is 1. The van der Waals surface area contributed by atoms with Gasteiger partial charge in [-0.25, -0.2) is 0 Å². The van der Waals surface area contributed by atoms with Crippen molar-refractivity contribution in [1.82, 2.24) is 5.32 Å². The van der Waals surface area contributed by atoms with Crippen LogP contribution in [0.15, 0.2) is 16.7 Å². The first-order chi connectivity index (χ1) is 7.06. The minimum absolute atomic E-state index is 0.142. The van der Waals surface area contributed by atoms with Gasteiger partial charge >= 0.3 is 0 Å². The van der Waals surface area contributed by atoms with E-state index in [2.05, 4.69) is 41.8 Å². The maximum Gasteiger partial charge on any atom is 0.256 e. The lowest BCUT2D eigenvalue weighted by molar-refractivity contribution is 0.0931. The third-order valence-electron chi connectivity index (χ3n) is 2.15. The Morgan fingerprint density at radius 2 is 2.33 bits per heavy atom. The van der Waals surface area contributed by atoms with Crippen LogP contribution in [0.4, 0.5) is 0 Å². The van der Waals surface area contributed by atoms with Crippen LogP contribution in [0.25, 0.3) is 0 Å². The standard InChI is InChI=1S/C10H13ClINO2/c1-6(2)8(5-12)13-10(14)7-3-4-15-9(7)11/h3-4,6,8H,5H2,1-2H3,(H,13,14). The van der Waals surface area contributed by atoms with Crippen molar-refractivity contribution in [3.8, 4) is 0 Å². The second-order valence-corrected chi connectivity index (χ2v) is 4.81. The Balaban J connectivity index is 2.67. The molecule has 1 unspecified atom stereocenters. The molecule has 0 saturated heterocycles. The number of carbonyl (C=O) groups is 1. The lowest BCUT2D eigenvalue weighted by Gasteiger charge is -2.19. The molecule has 0 spiro atoms. The molecule has 1 N–H and O–H groups in total. The molecular formula is C10H13ClINO2. The number of amides is 1. The van der Waals surface area contributed by atoms with E-state index < -0.39 is 0 Å². The van der Waals surface area contributed by atoms with Gasteiger partial charge in [-0.15, -0.1) is 0 Å². The van der Waals surface area contributed by atoms with Crippen LogP contribution < -0.4 is 5.32 Å². The number of hydrogen-bond donors (Lipinski definition) is 1.